The van der Waals surface area contributed by atoms with Crippen LogP contribution in [-0.2, 0) is 10.9 Å². The van der Waals surface area contributed by atoms with Gasteiger partial charge < -0.3 is 14.8 Å². The monoisotopic (exact) mass is 429 g/mol. The second-order valence-electron chi connectivity index (χ2n) is 6.95. The lowest BCUT2D eigenvalue weighted by Gasteiger charge is -2.23. The van der Waals surface area contributed by atoms with Crippen LogP contribution < -0.4 is 10.1 Å². The average Bonchev–Trinajstić information content (AvgIpc) is 3.19. The Labute approximate surface area is 176 Å². The molecule has 1 N–H and O–H groups in total. The van der Waals surface area contributed by atoms with Gasteiger partial charge in [-0.1, -0.05) is 6.07 Å². The highest BCUT2D eigenvalue weighted by Crippen LogP contribution is 2.36. The first kappa shape index (κ1) is 20.7. The first-order chi connectivity index (χ1) is 14.9. The maximum atomic E-state index is 13.3. The molecule has 7 nitrogen and oxygen atoms in total. The normalized spacial score (nSPS) is 14.8. The molecular formula is C21H18F3N5O2. The fourth-order valence-corrected chi connectivity index (χ4v) is 3.26. The van der Waals surface area contributed by atoms with Gasteiger partial charge in [0, 0.05) is 37.2 Å². The van der Waals surface area contributed by atoms with Crippen LogP contribution in [0, 0.1) is 11.3 Å². The molecule has 0 amide bonds. The number of rotatable bonds is 5. The van der Waals surface area contributed by atoms with Gasteiger partial charge in [0.15, 0.2) is 5.69 Å². The molecule has 3 heterocycles. The Hall–Kier alpha value is -3.58. The minimum atomic E-state index is -4.58. The van der Waals surface area contributed by atoms with Crippen LogP contribution in [0.4, 0.5) is 24.7 Å². The molecule has 0 radical (unpaired) electrons. The van der Waals surface area contributed by atoms with Gasteiger partial charge in [-0.2, -0.15) is 23.5 Å². The highest BCUT2D eigenvalue weighted by atomic mass is 19.4. The second kappa shape index (κ2) is 8.65. The summed E-state index contributed by atoms with van der Waals surface area (Å²) in [5.74, 6) is 0.722. The molecule has 10 heteroatoms. The summed E-state index contributed by atoms with van der Waals surface area (Å²) in [6.45, 7) is 0.910. The van der Waals surface area contributed by atoms with Crippen molar-refractivity contribution in [1.29, 1.82) is 5.26 Å². The summed E-state index contributed by atoms with van der Waals surface area (Å²) in [4.78, 5) is 4.20. The fraction of sp³-hybridized carbons (Fsp3) is 0.286. The molecular weight excluding hydrogens is 411 g/mol. The number of hydrogen-bond acceptors (Lipinski definition) is 6. The number of nitriles is 1. The third-order valence-corrected chi connectivity index (χ3v) is 4.75. The largest absolute Gasteiger partial charge is 0.439 e. The lowest BCUT2D eigenvalue weighted by Crippen LogP contribution is -2.21. The summed E-state index contributed by atoms with van der Waals surface area (Å²) in [6.07, 6.45) is -2.00. The highest BCUT2D eigenvalue weighted by Gasteiger charge is 2.36. The van der Waals surface area contributed by atoms with Crippen LogP contribution in [-0.4, -0.2) is 28.0 Å². The van der Waals surface area contributed by atoms with Crippen molar-refractivity contribution in [3.8, 4) is 17.7 Å². The summed E-state index contributed by atoms with van der Waals surface area (Å²) in [5.41, 5.74) is 0.127. The van der Waals surface area contributed by atoms with Crippen LogP contribution in [0.3, 0.4) is 0 Å². The summed E-state index contributed by atoms with van der Waals surface area (Å²) >= 11 is 0. The molecule has 1 aliphatic rings. The zero-order valence-electron chi connectivity index (χ0n) is 16.3. The molecule has 0 aliphatic carbocycles. The number of nitrogens with zero attached hydrogens (tertiary/aromatic N) is 4. The van der Waals surface area contributed by atoms with Crippen LogP contribution in [0.15, 0.2) is 48.7 Å². The van der Waals surface area contributed by atoms with Gasteiger partial charge in [-0.05, 0) is 37.1 Å². The van der Waals surface area contributed by atoms with Crippen LogP contribution in [0.1, 0.15) is 30.1 Å². The molecule has 2 aromatic heterocycles. The Morgan fingerprint density at radius 1 is 1.16 bits per heavy atom. The van der Waals surface area contributed by atoms with E-state index in [1.807, 2.05) is 0 Å². The van der Waals surface area contributed by atoms with Crippen LogP contribution in [0.2, 0.25) is 0 Å². The molecule has 0 unspecified atom stereocenters. The minimum absolute atomic E-state index is 0.00264. The number of pyridine rings is 1. The van der Waals surface area contributed by atoms with Gasteiger partial charge in [-0.15, -0.1) is 0 Å². The smallest absolute Gasteiger partial charge is 0.435 e. The van der Waals surface area contributed by atoms with Gasteiger partial charge >= 0.3 is 6.18 Å². The van der Waals surface area contributed by atoms with Crippen LogP contribution >= 0.6 is 0 Å². The standard InChI is InChI=1S/C21H18F3N5O2/c22-21(23,24)18-12-20(29(28-18)16-5-8-30-9-6-16)31-17-4-7-26-19(11-17)27-15-3-1-2-14(10-15)13-25/h1-4,7,10-12,16H,5-6,8-9H2,(H,26,27). The topological polar surface area (TPSA) is 85.0 Å². The number of anilines is 2. The Balaban J connectivity index is 1.59. The van der Waals surface area contributed by atoms with Gasteiger partial charge in [-0.25, -0.2) is 9.67 Å². The van der Waals surface area contributed by atoms with Crippen LogP contribution in [0.5, 0.6) is 11.6 Å². The van der Waals surface area contributed by atoms with Crippen LogP contribution in [0.25, 0.3) is 0 Å². The van der Waals surface area contributed by atoms with Gasteiger partial charge in [0.25, 0.3) is 0 Å². The predicted octanol–water partition coefficient (Wildman–Crippen LogP) is 5.06. The van der Waals surface area contributed by atoms with E-state index in [-0.39, 0.29) is 11.9 Å². The van der Waals surface area contributed by atoms with Gasteiger partial charge in [0.05, 0.1) is 17.7 Å². The molecule has 1 fully saturated rings. The number of nitrogens with one attached hydrogen (secondary N) is 1. The molecule has 1 aliphatic heterocycles. The Kier molecular flexibility index (Phi) is 5.77. The summed E-state index contributed by atoms with van der Waals surface area (Å²) in [6, 6.07) is 12.7. The Morgan fingerprint density at radius 2 is 1.97 bits per heavy atom. The first-order valence-corrected chi connectivity index (χ1v) is 9.58. The molecule has 31 heavy (non-hydrogen) atoms. The van der Waals surface area contributed by atoms with Crippen molar-refractivity contribution in [1.82, 2.24) is 14.8 Å². The molecule has 1 saturated heterocycles. The number of halogens is 3. The van der Waals surface area contributed by atoms with Crippen molar-refractivity contribution in [2.75, 3.05) is 18.5 Å². The average molecular weight is 429 g/mol. The van der Waals surface area contributed by atoms with Crippen molar-refractivity contribution in [2.45, 2.75) is 25.1 Å². The molecule has 0 atom stereocenters. The molecule has 0 spiro atoms. The molecule has 0 bridgehead atoms. The van der Waals surface area contributed by atoms with E-state index in [9.17, 15) is 13.2 Å². The van der Waals surface area contributed by atoms with E-state index < -0.39 is 11.9 Å². The fourth-order valence-electron chi connectivity index (χ4n) is 3.26. The maximum Gasteiger partial charge on any atom is 0.435 e. The minimum Gasteiger partial charge on any atom is -0.439 e. The van der Waals surface area contributed by atoms with Crippen molar-refractivity contribution < 1.29 is 22.6 Å². The van der Waals surface area contributed by atoms with Gasteiger partial charge in [0.2, 0.25) is 5.88 Å². The molecule has 4 rings (SSSR count). The zero-order chi connectivity index (χ0) is 21.8. The molecule has 3 aromatic rings. The molecule has 0 saturated carbocycles. The first-order valence-electron chi connectivity index (χ1n) is 9.58. The molecule has 1 aromatic carbocycles. The van der Waals surface area contributed by atoms with Gasteiger partial charge in [-0.3, -0.25) is 0 Å². The van der Waals surface area contributed by atoms with E-state index in [0.717, 1.165) is 6.07 Å². The van der Waals surface area contributed by atoms with E-state index in [2.05, 4.69) is 21.5 Å². The SMILES string of the molecule is N#Cc1cccc(Nc2cc(Oc3cc(C(F)(F)F)nn3C3CCOCC3)ccn2)c1. The van der Waals surface area contributed by atoms with E-state index >= 15 is 0 Å². The van der Waals surface area contributed by atoms with E-state index in [4.69, 9.17) is 14.7 Å². The van der Waals surface area contributed by atoms with E-state index in [0.29, 0.717) is 48.9 Å². The number of ether oxygens (including phenoxy) is 2. The van der Waals surface area contributed by atoms with E-state index in [1.165, 1.54) is 10.9 Å². The molecule has 160 valence electrons. The number of aromatic nitrogens is 3. The quantitative estimate of drug-likeness (QED) is 0.611. The summed E-state index contributed by atoms with van der Waals surface area (Å²) in [5, 5.41) is 15.8. The summed E-state index contributed by atoms with van der Waals surface area (Å²) < 4.78 is 52.1. The number of alkyl halides is 3. The van der Waals surface area contributed by atoms with Crippen molar-refractivity contribution in [2.24, 2.45) is 0 Å². The van der Waals surface area contributed by atoms with Crippen molar-refractivity contribution >= 4 is 11.5 Å². The third kappa shape index (κ3) is 4.95. The second-order valence-corrected chi connectivity index (χ2v) is 6.95. The van der Waals surface area contributed by atoms with Crippen molar-refractivity contribution in [3.63, 3.8) is 0 Å². The van der Waals surface area contributed by atoms with Gasteiger partial charge in [0.1, 0.15) is 11.6 Å². The third-order valence-electron chi connectivity index (χ3n) is 4.75. The summed E-state index contributed by atoms with van der Waals surface area (Å²) in [7, 11) is 0. The Bertz CT molecular complexity index is 1100. The maximum absolute atomic E-state index is 13.3. The van der Waals surface area contributed by atoms with Crippen molar-refractivity contribution in [3.05, 3.63) is 59.9 Å². The number of benzene rings is 1. The Morgan fingerprint density at radius 3 is 2.71 bits per heavy atom. The predicted molar refractivity (Wildman–Crippen MR) is 105 cm³/mol. The lowest BCUT2D eigenvalue weighted by atomic mass is 10.1. The zero-order valence-corrected chi connectivity index (χ0v) is 16.3. The van der Waals surface area contributed by atoms with E-state index in [1.54, 1.807) is 36.4 Å². The highest BCUT2D eigenvalue weighted by molar-refractivity contribution is 5.59. The number of hydrogen-bond donors (Lipinski definition) is 1. The lowest BCUT2D eigenvalue weighted by molar-refractivity contribution is -0.141.